The first-order chi connectivity index (χ1) is 16.0. The van der Waals surface area contributed by atoms with Gasteiger partial charge in [-0.05, 0) is 0 Å². The fourth-order valence-corrected chi connectivity index (χ4v) is 8.66. The Morgan fingerprint density at radius 2 is 0.667 bits per heavy atom. The summed E-state index contributed by atoms with van der Waals surface area (Å²) < 4.78 is 0. The number of carboxylic acid groups (broad SMARTS) is 2. The molecule has 0 radical (unpaired) electrons. The minimum absolute atomic E-state index is 0.558. The molecule has 0 saturated carbocycles. The summed E-state index contributed by atoms with van der Waals surface area (Å²) in [6.45, 7) is 0. The average Bonchev–Trinajstić information content (AvgIpc) is 2.86. The van der Waals surface area contributed by atoms with Gasteiger partial charge in [0.1, 0.15) is 0 Å². The van der Waals surface area contributed by atoms with Crippen molar-refractivity contribution in [3.05, 3.63) is 133 Å². The minimum atomic E-state index is -2.30. The van der Waals surface area contributed by atoms with E-state index in [-0.39, 0.29) is 0 Å². The van der Waals surface area contributed by atoms with Gasteiger partial charge in [0.25, 0.3) is 0 Å². The Morgan fingerprint density at radius 1 is 0.455 bits per heavy atom. The number of aliphatic carboxylic acids is 2. The second-order valence-electron chi connectivity index (χ2n) is 7.22. The third-order valence-corrected chi connectivity index (χ3v) is 9.99. The molecule has 4 rings (SSSR count). The van der Waals surface area contributed by atoms with Gasteiger partial charge in [0, 0.05) is 12.2 Å². The molecule has 0 fully saturated rings. The van der Waals surface area contributed by atoms with Crippen LogP contribution in [0.4, 0.5) is 0 Å². The zero-order valence-electron chi connectivity index (χ0n) is 17.9. The second-order valence-corrected chi connectivity index (χ2v) is 11.0. The predicted molar refractivity (Wildman–Crippen MR) is 137 cm³/mol. The van der Waals surface area contributed by atoms with Gasteiger partial charge in [-0.25, -0.2) is 9.59 Å². The molecule has 0 heterocycles. The van der Waals surface area contributed by atoms with Gasteiger partial charge < -0.3 is 10.2 Å². The van der Waals surface area contributed by atoms with Crippen molar-refractivity contribution in [3.63, 3.8) is 0 Å². The summed E-state index contributed by atoms with van der Waals surface area (Å²) in [4.78, 5) is 19.1. The normalized spacial score (nSPS) is 11.3. The van der Waals surface area contributed by atoms with E-state index in [1.807, 2.05) is 0 Å². The van der Waals surface area contributed by atoms with Crippen LogP contribution in [0.5, 0.6) is 0 Å². The van der Waals surface area contributed by atoms with Crippen molar-refractivity contribution in [2.75, 3.05) is 0 Å². The average molecular weight is 456 g/mol. The molecule has 5 heteroatoms. The summed E-state index contributed by atoms with van der Waals surface area (Å²) in [5.74, 6) is -2.51. The van der Waals surface area contributed by atoms with Crippen LogP contribution in [-0.2, 0) is 9.59 Å². The first-order valence-electron chi connectivity index (χ1n) is 10.4. The number of hydrogen-bond acceptors (Lipinski definition) is 2. The van der Waals surface area contributed by atoms with Crippen LogP contribution in [0.3, 0.4) is 0 Å². The van der Waals surface area contributed by atoms with Crippen LogP contribution in [0, 0.1) is 0 Å². The van der Waals surface area contributed by atoms with Crippen LogP contribution in [-0.4, -0.2) is 22.2 Å². The topological polar surface area (TPSA) is 74.6 Å². The molecule has 0 aliphatic carbocycles. The number of rotatable bonds is 6. The summed E-state index contributed by atoms with van der Waals surface area (Å²) >= 11 is 0. The first kappa shape index (κ1) is 23.6. The standard InChI is InChI=1S/C24H21P.C4H4O4/c1-5-13-21(14-6-1)25(22-15-7-2-8-16-22,23-17-9-3-10-18-23)24-19-11-4-12-20-24;5-3(6)1-2-4(7)8/h1-20,25H;1-2H,(H,5,6)(H,7,8)/b;2-1+. The van der Waals surface area contributed by atoms with E-state index in [2.05, 4.69) is 121 Å². The van der Waals surface area contributed by atoms with Crippen molar-refractivity contribution < 1.29 is 19.8 Å². The molecule has 0 aromatic heterocycles. The Balaban J connectivity index is 0.000000331. The van der Waals surface area contributed by atoms with Crippen LogP contribution in [0.2, 0.25) is 0 Å². The number of carboxylic acids is 2. The molecule has 166 valence electrons. The molecule has 0 bridgehead atoms. The van der Waals surface area contributed by atoms with Crippen molar-refractivity contribution in [1.82, 2.24) is 0 Å². The van der Waals surface area contributed by atoms with Gasteiger partial charge in [0.2, 0.25) is 0 Å². The molecule has 2 N–H and O–H groups in total. The summed E-state index contributed by atoms with van der Waals surface area (Å²) in [6, 6.07) is 44.0. The zero-order valence-corrected chi connectivity index (χ0v) is 18.9. The number of benzene rings is 4. The fraction of sp³-hybridized carbons (Fsp3) is 0. The van der Waals surface area contributed by atoms with Crippen molar-refractivity contribution >= 4 is 40.4 Å². The van der Waals surface area contributed by atoms with Gasteiger partial charge in [-0.15, -0.1) is 0 Å². The molecule has 0 aliphatic rings. The van der Waals surface area contributed by atoms with E-state index < -0.39 is 19.2 Å². The molecule has 0 amide bonds. The van der Waals surface area contributed by atoms with Gasteiger partial charge in [0.15, 0.2) is 0 Å². The van der Waals surface area contributed by atoms with E-state index in [1.54, 1.807) is 0 Å². The van der Waals surface area contributed by atoms with Crippen molar-refractivity contribution in [1.29, 1.82) is 0 Å². The fourth-order valence-electron chi connectivity index (χ4n) is 3.90. The molecule has 0 atom stereocenters. The number of hydrogen-bond donors (Lipinski definition) is 2. The molecule has 0 spiro atoms. The molecule has 0 unspecified atom stereocenters. The second kappa shape index (κ2) is 11.6. The van der Waals surface area contributed by atoms with Gasteiger partial charge >= 0.3 is 162 Å². The van der Waals surface area contributed by atoms with Gasteiger partial charge in [-0.2, -0.15) is 0 Å². The Morgan fingerprint density at radius 3 is 0.848 bits per heavy atom. The first-order valence-corrected chi connectivity index (χ1v) is 12.4. The van der Waals surface area contributed by atoms with Crippen LogP contribution in [0.25, 0.3) is 0 Å². The number of carbonyl (C=O) groups is 2. The van der Waals surface area contributed by atoms with E-state index >= 15 is 0 Å². The van der Waals surface area contributed by atoms with Gasteiger partial charge in [-0.3, -0.25) is 0 Å². The quantitative estimate of drug-likeness (QED) is 0.342. The Hall–Kier alpha value is -4.01. The predicted octanol–water partition coefficient (Wildman–Crippen LogP) is 3.75. The molecule has 0 aliphatic heterocycles. The van der Waals surface area contributed by atoms with E-state index in [0.29, 0.717) is 12.2 Å². The summed E-state index contributed by atoms with van der Waals surface area (Å²) in [5.41, 5.74) is 0. The monoisotopic (exact) mass is 456 g/mol. The zero-order chi connectivity index (χ0) is 23.5. The van der Waals surface area contributed by atoms with E-state index in [9.17, 15) is 9.59 Å². The third kappa shape index (κ3) is 5.82. The van der Waals surface area contributed by atoms with E-state index in [1.165, 1.54) is 21.2 Å². The van der Waals surface area contributed by atoms with Gasteiger partial charge in [0.05, 0.1) is 0 Å². The van der Waals surface area contributed by atoms with Crippen LogP contribution in [0.1, 0.15) is 0 Å². The summed E-state index contributed by atoms with van der Waals surface area (Å²) in [5, 5.41) is 21.3. The summed E-state index contributed by atoms with van der Waals surface area (Å²) in [7, 11) is -2.30. The maximum atomic E-state index is 9.55. The Kier molecular flexibility index (Phi) is 8.29. The van der Waals surface area contributed by atoms with Crippen LogP contribution >= 0.6 is 7.26 Å². The molecule has 0 saturated heterocycles. The van der Waals surface area contributed by atoms with Crippen molar-refractivity contribution in [3.8, 4) is 0 Å². The Labute approximate surface area is 193 Å². The summed E-state index contributed by atoms with van der Waals surface area (Å²) in [6.07, 6.45) is 1.12. The van der Waals surface area contributed by atoms with Crippen LogP contribution < -0.4 is 21.2 Å². The molecule has 4 aromatic carbocycles. The van der Waals surface area contributed by atoms with E-state index in [0.717, 1.165) is 0 Å². The molecule has 33 heavy (non-hydrogen) atoms. The SMILES string of the molecule is O=C(O)/C=C/C(=O)O.c1ccc([PH](c2ccccc2)(c2ccccc2)c2ccccc2)cc1. The molecule has 4 nitrogen and oxygen atoms in total. The maximum absolute atomic E-state index is 9.55. The molecular formula is C28H25O4P. The Bertz CT molecular complexity index is 1010. The third-order valence-electron chi connectivity index (χ3n) is 5.20. The van der Waals surface area contributed by atoms with Crippen molar-refractivity contribution in [2.24, 2.45) is 0 Å². The molecule has 4 aromatic rings. The molecular weight excluding hydrogens is 431 g/mol. The van der Waals surface area contributed by atoms with Crippen LogP contribution in [0.15, 0.2) is 133 Å². The van der Waals surface area contributed by atoms with E-state index in [4.69, 9.17) is 10.2 Å². The van der Waals surface area contributed by atoms with Crippen molar-refractivity contribution in [2.45, 2.75) is 0 Å². The van der Waals surface area contributed by atoms with Gasteiger partial charge in [-0.1, -0.05) is 0 Å².